The lowest BCUT2D eigenvalue weighted by molar-refractivity contribution is -0.199. The molecule has 0 aromatic rings. The highest BCUT2D eigenvalue weighted by molar-refractivity contribution is 6.21. The monoisotopic (exact) mass is 504 g/mol. The molecule has 0 N–H and O–H groups in total. The molecule has 0 amide bonds. The first-order valence-electron chi connectivity index (χ1n) is 12.8. The first-order valence-corrected chi connectivity index (χ1v) is 13.2. The normalized spacial score (nSPS) is 42.0. The highest BCUT2D eigenvalue weighted by atomic mass is 35.5. The van der Waals surface area contributed by atoms with Crippen LogP contribution in [0, 0.1) is 40.4 Å². The maximum Gasteiger partial charge on any atom is 0.309 e. The van der Waals surface area contributed by atoms with Crippen LogP contribution in [0.2, 0.25) is 0 Å². The van der Waals surface area contributed by atoms with E-state index in [0.29, 0.717) is 6.42 Å². The zero-order valence-corrected chi connectivity index (χ0v) is 22.3. The molecule has 0 saturated heterocycles. The van der Waals surface area contributed by atoms with Gasteiger partial charge in [-0.1, -0.05) is 46.3 Å². The van der Waals surface area contributed by atoms with Gasteiger partial charge >= 0.3 is 11.9 Å². The number of alkyl halides is 1. The third-order valence-corrected chi connectivity index (χ3v) is 9.98. The van der Waals surface area contributed by atoms with Crippen LogP contribution in [-0.2, 0) is 28.7 Å². The zero-order valence-electron chi connectivity index (χ0n) is 21.6. The van der Waals surface area contributed by atoms with Crippen LogP contribution < -0.4 is 0 Å². The SMILES string of the molecule is CC(=O)OCC(=O)[C@@]1(OC(=O)C(C)C)C(C)C[C@H]2[C@@H]3CCC4=CC(=O)C=C[C@]4(C)[C@H]3C(Cl)C[C@@]21C. The molecule has 192 valence electrons. The number of rotatable bonds is 5. The van der Waals surface area contributed by atoms with E-state index in [4.69, 9.17) is 21.1 Å². The Kier molecular flexibility index (Phi) is 6.61. The van der Waals surface area contributed by atoms with Gasteiger partial charge in [-0.15, -0.1) is 11.6 Å². The summed E-state index contributed by atoms with van der Waals surface area (Å²) in [6, 6.07) is 0. The Hall–Kier alpha value is -1.95. The van der Waals surface area contributed by atoms with E-state index in [1.165, 1.54) is 6.92 Å². The molecule has 4 rings (SSSR count). The second-order valence-corrected chi connectivity index (χ2v) is 12.4. The molecule has 2 unspecified atom stereocenters. The molecule has 35 heavy (non-hydrogen) atoms. The van der Waals surface area contributed by atoms with E-state index >= 15 is 0 Å². The number of ether oxygens (including phenoxy) is 2. The van der Waals surface area contributed by atoms with E-state index in [-0.39, 0.29) is 46.0 Å². The van der Waals surface area contributed by atoms with Gasteiger partial charge in [0, 0.05) is 29.0 Å². The van der Waals surface area contributed by atoms with Gasteiger partial charge in [-0.25, -0.2) is 0 Å². The summed E-state index contributed by atoms with van der Waals surface area (Å²) >= 11 is 7.22. The van der Waals surface area contributed by atoms with Gasteiger partial charge in [0.2, 0.25) is 5.78 Å². The molecule has 0 bridgehead atoms. The van der Waals surface area contributed by atoms with E-state index in [1.807, 2.05) is 19.9 Å². The Labute approximate surface area is 212 Å². The quantitative estimate of drug-likeness (QED) is 0.394. The average Bonchev–Trinajstić information content (AvgIpc) is 2.99. The smallest absolute Gasteiger partial charge is 0.309 e. The standard InChI is InChI=1S/C28H37ClO6/c1-15(2)25(33)35-28(23(32)14-34-17(4)30)16(3)11-21-20-8-7-18-12-19(31)9-10-26(18,5)24(20)22(29)13-27(21,28)6/h9-10,12,15-16,20-22,24H,7-8,11,13-14H2,1-6H3/t16?,20-,21-,22?,24+,26-,27-,28-/m0/s1. The molecule has 0 aliphatic heterocycles. The van der Waals surface area contributed by atoms with Crippen molar-refractivity contribution in [2.75, 3.05) is 6.61 Å². The number of carbonyl (C=O) groups is 4. The van der Waals surface area contributed by atoms with Crippen molar-refractivity contribution < 1.29 is 28.7 Å². The molecule has 8 atom stereocenters. The second-order valence-electron chi connectivity index (χ2n) is 11.8. The molecule has 7 heteroatoms. The number of allylic oxidation sites excluding steroid dienone is 4. The molecule has 4 aliphatic rings. The highest BCUT2D eigenvalue weighted by Gasteiger charge is 2.72. The summed E-state index contributed by atoms with van der Waals surface area (Å²) in [6.07, 6.45) is 8.33. The molecule has 0 aromatic heterocycles. The molecular formula is C28H37ClO6. The van der Waals surface area contributed by atoms with Crippen molar-refractivity contribution in [3.63, 3.8) is 0 Å². The summed E-state index contributed by atoms with van der Waals surface area (Å²) in [7, 11) is 0. The van der Waals surface area contributed by atoms with E-state index in [1.54, 1.807) is 26.0 Å². The van der Waals surface area contributed by atoms with Crippen LogP contribution >= 0.6 is 11.6 Å². The highest BCUT2D eigenvalue weighted by Crippen LogP contribution is 2.70. The predicted molar refractivity (Wildman–Crippen MR) is 131 cm³/mol. The number of carbonyl (C=O) groups excluding carboxylic acids is 4. The largest absolute Gasteiger partial charge is 0.458 e. The molecule has 3 saturated carbocycles. The van der Waals surface area contributed by atoms with Gasteiger partial charge in [0.05, 0.1) is 5.92 Å². The Morgan fingerprint density at radius 1 is 1.23 bits per heavy atom. The minimum Gasteiger partial charge on any atom is -0.458 e. The summed E-state index contributed by atoms with van der Waals surface area (Å²) < 4.78 is 11.3. The average molecular weight is 505 g/mol. The van der Waals surface area contributed by atoms with E-state index < -0.39 is 35.5 Å². The van der Waals surface area contributed by atoms with E-state index in [9.17, 15) is 19.2 Å². The summed E-state index contributed by atoms with van der Waals surface area (Å²) in [6.45, 7) is 10.5. The molecular weight excluding hydrogens is 468 g/mol. The minimum atomic E-state index is -1.41. The number of Topliss-reactive ketones (excluding diaryl/α,β-unsaturated/α-hetero) is 1. The van der Waals surface area contributed by atoms with Crippen LogP contribution in [-0.4, -0.2) is 41.1 Å². The van der Waals surface area contributed by atoms with Gasteiger partial charge in [-0.3, -0.25) is 19.2 Å². The first kappa shape index (κ1) is 26.1. The Balaban J connectivity index is 1.78. The lowest BCUT2D eigenvalue weighted by Crippen LogP contribution is -2.63. The van der Waals surface area contributed by atoms with Crippen molar-refractivity contribution in [3.8, 4) is 0 Å². The van der Waals surface area contributed by atoms with Gasteiger partial charge in [-0.05, 0) is 55.6 Å². The molecule has 0 aromatic carbocycles. The lowest BCUT2D eigenvalue weighted by Gasteiger charge is -2.60. The third kappa shape index (κ3) is 3.82. The fourth-order valence-corrected chi connectivity index (χ4v) is 8.76. The van der Waals surface area contributed by atoms with Crippen molar-refractivity contribution in [1.29, 1.82) is 0 Å². The van der Waals surface area contributed by atoms with Crippen molar-refractivity contribution in [2.24, 2.45) is 40.4 Å². The van der Waals surface area contributed by atoms with Crippen molar-refractivity contribution in [2.45, 2.75) is 78.2 Å². The third-order valence-electron chi connectivity index (χ3n) is 9.55. The number of fused-ring (bicyclic) bond motifs is 5. The number of esters is 2. The molecule has 6 nitrogen and oxygen atoms in total. The van der Waals surface area contributed by atoms with E-state index in [0.717, 1.165) is 24.8 Å². The fourth-order valence-electron chi connectivity index (χ4n) is 7.99. The van der Waals surface area contributed by atoms with Gasteiger partial charge in [0.25, 0.3) is 0 Å². The number of halogens is 1. The van der Waals surface area contributed by atoms with Crippen molar-refractivity contribution in [1.82, 2.24) is 0 Å². The Morgan fingerprint density at radius 3 is 2.54 bits per heavy atom. The summed E-state index contributed by atoms with van der Waals surface area (Å²) in [5.41, 5.74) is -1.29. The minimum absolute atomic E-state index is 0.0212. The number of hydrogen-bond donors (Lipinski definition) is 0. The van der Waals surface area contributed by atoms with Crippen LogP contribution in [0.15, 0.2) is 23.8 Å². The van der Waals surface area contributed by atoms with E-state index in [2.05, 4.69) is 6.92 Å². The van der Waals surface area contributed by atoms with Crippen LogP contribution in [0.4, 0.5) is 0 Å². The molecule has 4 aliphatic carbocycles. The van der Waals surface area contributed by atoms with Crippen LogP contribution in [0.3, 0.4) is 0 Å². The number of hydrogen-bond acceptors (Lipinski definition) is 6. The maximum atomic E-state index is 13.8. The Bertz CT molecular complexity index is 1010. The van der Waals surface area contributed by atoms with Gasteiger partial charge in [0.1, 0.15) is 0 Å². The Morgan fingerprint density at radius 2 is 1.91 bits per heavy atom. The maximum absolute atomic E-state index is 13.8. The summed E-state index contributed by atoms with van der Waals surface area (Å²) in [5.74, 6) is -1.57. The summed E-state index contributed by atoms with van der Waals surface area (Å²) in [5, 5.41) is -0.281. The van der Waals surface area contributed by atoms with Crippen molar-refractivity contribution in [3.05, 3.63) is 23.8 Å². The molecule has 3 fully saturated rings. The van der Waals surface area contributed by atoms with Crippen LogP contribution in [0.1, 0.15) is 67.2 Å². The van der Waals surface area contributed by atoms with Crippen molar-refractivity contribution >= 4 is 35.1 Å². The van der Waals surface area contributed by atoms with Gasteiger partial charge < -0.3 is 9.47 Å². The van der Waals surface area contributed by atoms with Gasteiger partial charge in [0.15, 0.2) is 18.0 Å². The predicted octanol–water partition coefficient (Wildman–Crippen LogP) is 4.83. The lowest BCUT2D eigenvalue weighted by atomic mass is 9.47. The van der Waals surface area contributed by atoms with Crippen LogP contribution in [0.25, 0.3) is 0 Å². The first-order chi connectivity index (χ1) is 16.3. The second kappa shape index (κ2) is 8.86. The zero-order chi connectivity index (χ0) is 25.9. The summed E-state index contributed by atoms with van der Waals surface area (Å²) in [4.78, 5) is 50.4. The molecule has 0 radical (unpaired) electrons. The fraction of sp³-hybridized carbons (Fsp3) is 0.714. The molecule has 0 heterocycles. The van der Waals surface area contributed by atoms with Crippen LogP contribution in [0.5, 0.6) is 0 Å². The van der Waals surface area contributed by atoms with Gasteiger partial charge in [-0.2, -0.15) is 0 Å². The molecule has 0 spiro atoms. The topological polar surface area (TPSA) is 86.7 Å². The number of ketones is 2.